The maximum absolute atomic E-state index is 11.2. The zero-order valence-corrected chi connectivity index (χ0v) is 9.94. The monoisotopic (exact) mass is 239 g/mol. The largest absolute Gasteiger partial charge is 0.356 e. The van der Waals surface area contributed by atoms with Crippen LogP contribution in [-0.4, -0.2) is 28.8 Å². The summed E-state index contributed by atoms with van der Waals surface area (Å²) in [6.07, 6.45) is 3.27. The third-order valence-corrected chi connectivity index (χ3v) is 3.22. The highest BCUT2D eigenvalue weighted by Crippen LogP contribution is 2.23. The summed E-state index contributed by atoms with van der Waals surface area (Å²) in [7, 11) is 0. The number of halogens is 1. The highest BCUT2D eigenvalue weighted by molar-refractivity contribution is 6.29. The molecule has 0 spiro atoms. The first kappa shape index (κ1) is 11.3. The summed E-state index contributed by atoms with van der Waals surface area (Å²) < 4.78 is 0. The number of rotatable bonds is 2. The molecule has 1 aliphatic rings. The van der Waals surface area contributed by atoms with Gasteiger partial charge in [0, 0.05) is 25.1 Å². The Kier molecular flexibility index (Phi) is 3.39. The van der Waals surface area contributed by atoms with Crippen LogP contribution in [0.3, 0.4) is 0 Å². The number of nitrogens with zero attached hydrogens (tertiary/aromatic N) is 3. The van der Waals surface area contributed by atoms with Crippen LogP contribution in [0.5, 0.6) is 0 Å². The molecule has 1 aromatic rings. The number of hydrogen-bond donors (Lipinski definition) is 0. The summed E-state index contributed by atoms with van der Waals surface area (Å²) >= 11 is 5.81. The third kappa shape index (κ3) is 2.50. The van der Waals surface area contributed by atoms with Crippen LogP contribution >= 0.6 is 11.6 Å². The summed E-state index contributed by atoms with van der Waals surface area (Å²) in [5, 5.41) is 0.457. The number of Topliss-reactive ketones (excluding diaryl/α,β-unsaturated/α-hetero) is 1. The molecular weight excluding hydrogens is 226 g/mol. The molecule has 0 saturated carbocycles. The van der Waals surface area contributed by atoms with Crippen LogP contribution in [0.4, 0.5) is 5.82 Å². The minimum atomic E-state index is 0.216. The summed E-state index contributed by atoms with van der Waals surface area (Å²) in [4.78, 5) is 21.4. The fourth-order valence-corrected chi connectivity index (χ4v) is 2.15. The van der Waals surface area contributed by atoms with Crippen molar-refractivity contribution in [1.82, 2.24) is 9.97 Å². The molecule has 0 atom stereocenters. The number of anilines is 1. The molecule has 86 valence electrons. The van der Waals surface area contributed by atoms with E-state index in [1.54, 1.807) is 13.0 Å². The van der Waals surface area contributed by atoms with Gasteiger partial charge in [-0.2, -0.15) is 0 Å². The predicted octanol–water partition coefficient (Wildman–Crippen LogP) is 1.94. The van der Waals surface area contributed by atoms with Crippen LogP contribution in [0, 0.1) is 5.92 Å². The van der Waals surface area contributed by atoms with E-state index in [0.29, 0.717) is 10.9 Å². The van der Waals surface area contributed by atoms with Crippen LogP contribution in [0.15, 0.2) is 12.4 Å². The lowest BCUT2D eigenvalue weighted by Gasteiger charge is -2.31. The summed E-state index contributed by atoms with van der Waals surface area (Å²) in [5.74, 6) is 1.36. The third-order valence-electron chi connectivity index (χ3n) is 3.01. The maximum Gasteiger partial charge on any atom is 0.134 e. The molecule has 5 heteroatoms. The molecule has 0 N–H and O–H groups in total. The second-order valence-electron chi connectivity index (χ2n) is 4.07. The Labute approximate surface area is 99.6 Å². The average molecular weight is 240 g/mol. The topological polar surface area (TPSA) is 46.1 Å². The van der Waals surface area contributed by atoms with Crippen molar-refractivity contribution in [2.24, 2.45) is 5.92 Å². The first-order chi connectivity index (χ1) is 7.66. The fraction of sp³-hybridized carbons (Fsp3) is 0.545. The molecule has 16 heavy (non-hydrogen) atoms. The minimum absolute atomic E-state index is 0.216. The van der Waals surface area contributed by atoms with Gasteiger partial charge in [0.1, 0.15) is 23.1 Å². The van der Waals surface area contributed by atoms with Gasteiger partial charge in [0.2, 0.25) is 0 Å². The van der Waals surface area contributed by atoms with E-state index in [4.69, 9.17) is 11.6 Å². The number of carbonyl (C=O) groups is 1. The molecule has 4 nitrogen and oxygen atoms in total. The van der Waals surface area contributed by atoms with Gasteiger partial charge < -0.3 is 4.90 Å². The Bertz CT molecular complexity index is 389. The van der Waals surface area contributed by atoms with E-state index in [0.717, 1.165) is 31.7 Å². The van der Waals surface area contributed by atoms with Gasteiger partial charge in [-0.05, 0) is 19.8 Å². The van der Waals surface area contributed by atoms with Crippen molar-refractivity contribution in [2.75, 3.05) is 18.0 Å². The molecule has 0 amide bonds. The Balaban J connectivity index is 2.01. The van der Waals surface area contributed by atoms with Crippen molar-refractivity contribution in [3.8, 4) is 0 Å². The average Bonchev–Trinajstić information content (AvgIpc) is 2.29. The highest BCUT2D eigenvalue weighted by Gasteiger charge is 2.22. The van der Waals surface area contributed by atoms with E-state index >= 15 is 0 Å². The SMILES string of the molecule is CC(=O)C1CCN(c2cc(Cl)ncn2)CC1. The smallest absolute Gasteiger partial charge is 0.134 e. The van der Waals surface area contributed by atoms with E-state index in [1.807, 2.05) is 0 Å². The van der Waals surface area contributed by atoms with Crippen molar-refractivity contribution in [2.45, 2.75) is 19.8 Å². The van der Waals surface area contributed by atoms with Gasteiger partial charge >= 0.3 is 0 Å². The molecule has 0 aromatic carbocycles. The van der Waals surface area contributed by atoms with E-state index < -0.39 is 0 Å². The van der Waals surface area contributed by atoms with Crippen molar-refractivity contribution in [1.29, 1.82) is 0 Å². The number of carbonyl (C=O) groups excluding carboxylic acids is 1. The normalized spacial score (nSPS) is 17.5. The number of ketones is 1. The first-order valence-electron chi connectivity index (χ1n) is 5.40. The Hall–Kier alpha value is -1.16. The molecule has 1 fully saturated rings. The van der Waals surface area contributed by atoms with Gasteiger partial charge in [-0.3, -0.25) is 4.79 Å². The molecule has 1 aromatic heterocycles. The molecule has 0 unspecified atom stereocenters. The van der Waals surface area contributed by atoms with Gasteiger partial charge in [0.15, 0.2) is 0 Å². The van der Waals surface area contributed by atoms with Gasteiger partial charge in [-0.15, -0.1) is 0 Å². The summed E-state index contributed by atoms with van der Waals surface area (Å²) in [6.45, 7) is 3.39. The van der Waals surface area contributed by atoms with E-state index in [1.165, 1.54) is 6.33 Å². The number of aromatic nitrogens is 2. The van der Waals surface area contributed by atoms with Crippen molar-refractivity contribution >= 4 is 23.2 Å². The van der Waals surface area contributed by atoms with E-state index in [-0.39, 0.29) is 5.92 Å². The number of piperidine rings is 1. The Morgan fingerprint density at radius 3 is 2.69 bits per heavy atom. The molecule has 1 saturated heterocycles. The molecule has 0 aliphatic carbocycles. The molecule has 1 aliphatic heterocycles. The lowest BCUT2D eigenvalue weighted by Crippen LogP contribution is -2.36. The molecule has 0 radical (unpaired) electrons. The maximum atomic E-state index is 11.2. The van der Waals surface area contributed by atoms with Gasteiger partial charge in [-0.1, -0.05) is 11.6 Å². The minimum Gasteiger partial charge on any atom is -0.356 e. The predicted molar refractivity (Wildman–Crippen MR) is 62.7 cm³/mol. The van der Waals surface area contributed by atoms with E-state index in [2.05, 4.69) is 14.9 Å². The summed E-state index contributed by atoms with van der Waals surface area (Å²) in [5.41, 5.74) is 0. The Morgan fingerprint density at radius 1 is 1.44 bits per heavy atom. The lowest BCUT2D eigenvalue weighted by molar-refractivity contribution is -0.121. The second kappa shape index (κ2) is 4.78. The summed E-state index contributed by atoms with van der Waals surface area (Å²) in [6, 6.07) is 1.76. The van der Waals surface area contributed by atoms with Crippen LogP contribution in [0.25, 0.3) is 0 Å². The van der Waals surface area contributed by atoms with Crippen molar-refractivity contribution in [3.05, 3.63) is 17.5 Å². The van der Waals surface area contributed by atoms with Crippen LogP contribution in [0.1, 0.15) is 19.8 Å². The van der Waals surface area contributed by atoms with Gasteiger partial charge in [-0.25, -0.2) is 9.97 Å². The van der Waals surface area contributed by atoms with Gasteiger partial charge in [0.05, 0.1) is 0 Å². The molecule has 0 bridgehead atoms. The fourth-order valence-electron chi connectivity index (χ4n) is 2.01. The number of hydrogen-bond acceptors (Lipinski definition) is 4. The van der Waals surface area contributed by atoms with Crippen LogP contribution in [0.2, 0.25) is 5.15 Å². The second-order valence-corrected chi connectivity index (χ2v) is 4.46. The highest BCUT2D eigenvalue weighted by atomic mass is 35.5. The van der Waals surface area contributed by atoms with Crippen LogP contribution in [-0.2, 0) is 4.79 Å². The van der Waals surface area contributed by atoms with Crippen molar-refractivity contribution in [3.63, 3.8) is 0 Å². The Morgan fingerprint density at radius 2 is 2.12 bits per heavy atom. The van der Waals surface area contributed by atoms with Gasteiger partial charge in [0.25, 0.3) is 0 Å². The quantitative estimate of drug-likeness (QED) is 0.740. The lowest BCUT2D eigenvalue weighted by atomic mass is 9.93. The van der Waals surface area contributed by atoms with Crippen molar-refractivity contribution < 1.29 is 4.79 Å². The first-order valence-corrected chi connectivity index (χ1v) is 5.77. The van der Waals surface area contributed by atoms with Crippen LogP contribution < -0.4 is 4.90 Å². The zero-order chi connectivity index (χ0) is 11.5. The molecule has 2 heterocycles. The van der Waals surface area contributed by atoms with E-state index in [9.17, 15) is 4.79 Å². The standard InChI is InChI=1S/C11H14ClN3O/c1-8(16)9-2-4-15(5-3-9)11-6-10(12)13-7-14-11/h6-7,9H,2-5H2,1H3. The molecular formula is C11H14ClN3O. The zero-order valence-electron chi connectivity index (χ0n) is 9.19. The molecule has 2 rings (SSSR count).